The number of anilines is 1. The minimum atomic E-state index is -0.402. The Balaban J connectivity index is 0.00000274. The smallest absolute Gasteiger partial charge is 0.330 e. The van der Waals surface area contributed by atoms with Crippen molar-refractivity contribution in [2.45, 2.75) is 44.2 Å². The molecule has 3 aliphatic rings. The molecule has 0 radical (unpaired) electrons. The summed E-state index contributed by atoms with van der Waals surface area (Å²) in [6, 6.07) is 8.72. The second-order valence-electron chi connectivity index (χ2n) is 9.46. The number of halogens is 1. The number of benzene rings is 1. The molecule has 184 valence electrons. The first-order valence-corrected chi connectivity index (χ1v) is 12.0. The summed E-state index contributed by atoms with van der Waals surface area (Å²) in [4.78, 5) is 30.9. The molecule has 1 atom stereocenters. The lowest BCUT2D eigenvalue weighted by atomic mass is 9.79. The molecule has 2 amide bonds. The number of piperazine rings is 1. The molecular formula is C24H34ClN7O2. The second-order valence-corrected chi connectivity index (χ2v) is 9.46. The minimum absolute atomic E-state index is 0. The molecule has 5 rings (SSSR count). The Labute approximate surface area is 205 Å². The van der Waals surface area contributed by atoms with Crippen LogP contribution in [0.25, 0.3) is 5.69 Å². The van der Waals surface area contributed by atoms with Crippen LogP contribution in [-0.4, -0.2) is 65.3 Å². The van der Waals surface area contributed by atoms with E-state index in [9.17, 15) is 9.59 Å². The third kappa shape index (κ3) is 5.43. The number of hydrogen-bond acceptors (Lipinski definition) is 6. The Morgan fingerprint density at radius 2 is 1.94 bits per heavy atom. The normalized spacial score (nSPS) is 23.9. The first-order chi connectivity index (χ1) is 16.1. The van der Waals surface area contributed by atoms with Gasteiger partial charge in [0, 0.05) is 44.5 Å². The molecule has 5 N–H and O–H groups in total. The highest BCUT2D eigenvalue weighted by Gasteiger charge is 2.30. The van der Waals surface area contributed by atoms with Crippen molar-refractivity contribution in [3.63, 3.8) is 0 Å². The van der Waals surface area contributed by atoms with Gasteiger partial charge in [0.2, 0.25) is 0 Å². The largest absolute Gasteiger partial charge is 0.354 e. The van der Waals surface area contributed by atoms with E-state index in [1.807, 2.05) is 6.07 Å². The zero-order chi connectivity index (χ0) is 22.8. The van der Waals surface area contributed by atoms with E-state index >= 15 is 0 Å². The number of carbonyl (C=O) groups is 1. The van der Waals surface area contributed by atoms with Crippen LogP contribution in [0.5, 0.6) is 0 Å². The molecule has 1 aromatic carbocycles. The molecular weight excluding hydrogens is 454 g/mol. The molecule has 1 aromatic heterocycles. The van der Waals surface area contributed by atoms with Gasteiger partial charge < -0.3 is 21.3 Å². The van der Waals surface area contributed by atoms with Gasteiger partial charge in [0.15, 0.2) is 0 Å². The Morgan fingerprint density at radius 1 is 1.15 bits per heavy atom. The quantitative estimate of drug-likeness (QED) is 0.504. The van der Waals surface area contributed by atoms with Crippen molar-refractivity contribution in [2.24, 2.45) is 11.7 Å². The van der Waals surface area contributed by atoms with Crippen molar-refractivity contribution < 1.29 is 4.79 Å². The fourth-order valence-electron chi connectivity index (χ4n) is 5.16. The fraction of sp³-hybridized carbons (Fsp3) is 0.542. The molecule has 10 heteroatoms. The van der Waals surface area contributed by atoms with Gasteiger partial charge in [0.1, 0.15) is 5.82 Å². The summed E-state index contributed by atoms with van der Waals surface area (Å²) in [6.07, 6.45) is 7.19. The maximum absolute atomic E-state index is 12.7. The molecule has 1 unspecified atom stereocenters. The molecule has 1 saturated carbocycles. The highest BCUT2D eigenvalue weighted by Crippen LogP contribution is 2.29. The number of nitrogens with two attached hydrogens (primary N) is 1. The average molecular weight is 488 g/mol. The second kappa shape index (κ2) is 10.9. The lowest BCUT2D eigenvalue weighted by Crippen LogP contribution is -2.49. The number of rotatable bonds is 5. The topological polar surface area (TPSA) is 117 Å². The van der Waals surface area contributed by atoms with Crippen molar-refractivity contribution in [1.82, 2.24) is 25.1 Å². The standard InChI is InChI=1S/C24H33N7O2.ClH/c25-15-16-11-20(12-16)27-19-3-1-17-2-4-21(14-18(17)13-19)31-8-5-22(29-24(31)33)28-23(32)30-9-6-26-7-10-30;/h2,4-5,8,14,16,19-20,26-27H,1,3,6-7,9-13,15,25H2,(H,28,29,32,33);1H. The van der Waals surface area contributed by atoms with Gasteiger partial charge >= 0.3 is 11.7 Å². The maximum atomic E-state index is 12.7. The van der Waals surface area contributed by atoms with Crippen LogP contribution in [0, 0.1) is 5.92 Å². The SMILES string of the molecule is Cl.NCC1CC(NC2CCc3ccc(-n4ccc(NC(=O)N5CCNCC5)nc4=O)cc3C2)C1. The number of carbonyl (C=O) groups excluding carboxylic acids is 1. The van der Waals surface area contributed by atoms with E-state index in [1.165, 1.54) is 28.5 Å². The summed E-state index contributed by atoms with van der Waals surface area (Å²) in [5, 5.41) is 9.75. The van der Waals surface area contributed by atoms with E-state index < -0.39 is 5.69 Å². The lowest BCUT2D eigenvalue weighted by Gasteiger charge is -2.39. The van der Waals surface area contributed by atoms with Crippen LogP contribution < -0.4 is 27.4 Å². The Bertz CT molecular complexity index is 1060. The Hall–Kier alpha value is -2.46. The van der Waals surface area contributed by atoms with Crippen molar-refractivity contribution in [1.29, 1.82) is 0 Å². The molecule has 2 fully saturated rings. The fourth-order valence-corrected chi connectivity index (χ4v) is 5.16. The van der Waals surface area contributed by atoms with Gasteiger partial charge in [-0.3, -0.25) is 9.88 Å². The summed E-state index contributed by atoms with van der Waals surface area (Å²) in [6.45, 7) is 3.61. The first-order valence-electron chi connectivity index (χ1n) is 12.0. The number of amides is 2. The molecule has 1 aliphatic heterocycles. The van der Waals surface area contributed by atoms with Crippen LogP contribution in [0.3, 0.4) is 0 Å². The lowest BCUT2D eigenvalue weighted by molar-refractivity contribution is 0.203. The summed E-state index contributed by atoms with van der Waals surface area (Å²) in [5.41, 5.74) is 8.80. The Morgan fingerprint density at radius 3 is 2.68 bits per heavy atom. The third-order valence-corrected chi connectivity index (χ3v) is 7.18. The van der Waals surface area contributed by atoms with Crippen molar-refractivity contribution in [3.05, 3.63) is 52.1 Å². The van der Waals surface area contributed by atoms with Crippen LogP contribution in [-0.2, 0) is 12.8 Å². The monoisotopic (exact) mass is 487 g/mol. The van der Waals surface area contributed by atoms with Crippen LogP contribution in [0.4, 0.5) is 10.6 Å². The zero-order valence-electron chi connectivity index (χ0n) is 19.3. The molecule has 0 bridgehead atoms. The van der Waals surface area contributed by atoms with E-state index in [0.717, 1.165) is 44.6 Å². The van der Waals surface area contributed by atoms with Crippen molar-refractivity contribution in [3.8, 4) is 5.69 Å². The highest BCUT2D eigenvalue weighted by atomic mass is 35.5. The van der Waals surface area contributed by atoms with Crippen molar-refractivity contribution in [2.75, 3.05) is 38.0 Å². The number of hydrogen-bond donors (Lipinski definition) is 4. The number of aromatic nitrogens is 2. The average Bonchev–Trinajstić information content (AvgIpc) is 2.81. The number of nitrogens with zero attached hydrogens (tertiary/aromatic N) is 3. The predicted octanol–water partition coefficient (Wildman–Crippen LogP) is 1.28. The van der Waals surface area contributed by atoms with Gasteiger partial charge in [0.05, 0.1) is 5.69 Å². The number of nitrogens with one attached hydrogen (secondary N) is 3. The van der Waals surface area contributed by atoms with Gasteiger partial charge in [-0.15, -0.1) is 12.4 Å². The predicted molar refractivity (Wildman–Crippen MR) is 135 cm³/mol. The van der Waals surface area contributed by atoms with E-state index in [-0.39, 0.29) is 24.3 Å². The van der Waals surface area contributed by atoms with E-state index in [4.69, 9.17) is 5.73 Å². The van der Waals surface area contributed by atoms with E-state index in [2.05, 4.69) is 33.1 Å². The number of fused-ring (bicyclic) bond motifs is 1. The van der Waals surface area contributed by atoms with Crippen LogP contribution in [0.15, 0.2) is 35.3 Å². The zero-order valence-corrected chi connectivity index (χ0v) is 20.2. The number of aryl methyl sites for hydroxylation is 1. The van der Waals surface area contributed by atoms with E-state index in [0.29, 0.717) is 31.1 Å². The highest BCUT2D eigenvalue weighted by molar-refractivity contribution is 5.88. The van der Waals surface area contributed by atoms with Crippen LogP contribution in [0.1, 0.15) is 30.4 Å². The van der Waals surface area contributed by atoms with Gasteiger partial charge in [-0.25, -0.2) is 9.59 Å². The summed E-state index contributed by atoms with van der Waals surface area (Å²) >= 11 is 0. The third-order valence-electron chi connectivity index (χ3n) is 7.18. The van der Waals surface area contributed by atoms with Gasteiger partial charge in [-0.05, 0) is 73.9 Å². The molecule has 0 spiro atoms. The Kier molecular flexibility index (Phi) is 7.88. The van der Waals surface area contributed by atoms with Gasteiger partial charge in [-0.2, -0.15) is 4.98 Å². The van der Waals surface area contributed by atoms with Crippen molar-refractivity contribution >= 4 is 24.3 Å². The van der Waals surface area contributed by atoms with Crippen LogP contribution >= 0.6 is 12.4 Å². The minimum Gasteiger partial charge on any atom is -0.330 e. The van der Waals surface area contributed by atoms with E-state index in [1.54, 1.807) is 17.2 Å². The molecule has 9 nitrogen and oxygen atoms in total. The van der Waals surface area contributed by atoms with Gasteiger partial charge in [0.25, 0.3) is 0 Å². The molecule has 2 aromatic rings. The number of urea groups is 1. The maximum Gasteiger partial charge on any atom is 0.354 e. The van der Waals surface area contributed by atoms with Gasteiger partial charge in [-0.1, -0.05) is 6.07 Å². The molecule has 2 aliphatic carbocycles. The van der Waals surface area contributed by atoms with Crippen LogP contribution in [0.2, 0.25) is 0 Å². The molecule has 34 heavy (non-hydrogen) atoms. The summed E-state index contributed by atoms with van der Waals surface area (Å²) in [5.74, 6) is 0.951. The molecule has 1 saturated heterocycles. The summed E-state index contributed by atoms with van der Waals surface area (Å²) < 4.78 is 1.54. The molecule has 2 heterocycles. The summed E-state index contributed by atoms with van der Waals surface area (Å²) in [7, 11) is 0. The first kappa shape index (κ1) is 24.7.